The molecule has 0 saturated heterocycles. The van der Waals surface area contributed by atoms with Gasteiger partial charge in [0, 0.05) is 24.1 Å². The molecule has 0 bridgehead atoms. The standard InChI is InChI=1S/C21H22N4O4S/c1-14(2)15-4-6-16(7-5-15)24-11-10-22-21(24)30-13-20(26)23-18-9-8-17(25(27)28)12-19(18)29-3/h4-12,14H,13H2,1-3H3,(H,23,26). The van der Waals surface area contributed by atoms with Crippen molar-refractivity contribution in [3.05, 3.63) is 70.5 Å². The Hall–Kier alpha value is -3.33. The normalized spacial score (nSPS) is 10.8. The summed E-state index contributed by atoms with van der Waals surface area (Å²) >= 11 is 1.30. The van der Waals surface area contributed by atoms with Crippen molar-refractivity contribution in [2.75, 3.05) is 18.2 Å². The minimum Gasteiger partial charge on any atom is -0.494 e. The number of non-ortho nitro benzene ring substituents is 1. The van der Waals surface area contributed by atoms with Gasteiger partial charge in [0.1, 0.15) is 5.75 Å². The first-order valence-corrected chi connectivity index (χ1v) is 10.3. The number of nitro benzene ring substituents is 1. The molecule has 1 heterocycles. The first-order chi connectivity index (χ1) is 14.4. The number of nitrogens with one attached hydrogen (secondary N) is 1. The van der Waals surface area contributed by atoms with Crippen LogP contribution in [0.3, 0.4) is 0 Å². The van der Waals surface area contributed by atoms with Crippen molar-refractivity contribution in [1.82, 2.24) is 9.55 Å². The van der Waals surface area contributed by atoms with Crippen molar-refractivity contribution in [2.45, 2.75) is 24.9 Å². The van der Waals surface area contributed by atoms with Crippen LogP contribution in [-0.2, 0) is 4.79 Å². The number of methoxy groups -OCH3 is 1. The summed E-state index contributed by atoms with van der Waals surface area (Å²) < 4.78 is 7.07. The van der Waals surface area contributed by atoms with E-state index in [4.69, 9.17) is 4.74 Å². The van der Waals surface area contributed by atoms with Crippen LogP contribution in [0.15, 0.2) is 60.0 Å². The van der Waals surface area contributed by atoms with Crippen LogP contribution in [0, 0.1) is 10.1 Å². The third-order valence-corrected chi connectivity index (χ3v) is 5.41. The molecule has 0 fully saturated rings. The molecule has 156 valence electrons. The van der Waals surface area contributed by atoms with Crippen molar-refractivity contribution in [3.8, 4) is 11.4 Å². The van der Waals surface area contributed by atoms with Gasteiger partial charge in [-0.3, -0.25) is 19.5 Å². The van der Waals surface area contributed by atoms with Gasteiger partial charge in [-0.1, -0.05) is 37.7 Å². The molecule has 9 heteroatoms. The Labute approximate surface area is 178 Å². The quantitative estimate of drug-likeness (QED) is 0.320. The molecule has 0 aliphatic carbocycles. The third kappa shape index (κ3) is 4.98. The number of imidazole rings is 1. The molecule has 2 aromatic carbocycles. The maximum absolute atomic E-state index is 12.4. The maximum atomic E-state index is 12.4. The Morgan fingerprint density at radius 1 is 1.27 bits per heavy atom. The zero-order valence-corrected chi connectivity index (χ0v) is 17.7. The number of amides is 1. The second-order valence-electron chi connectivity index (χ2n) is 6.80. The number of benzene rings is 2. The lowest BCUT2D eigenvalue weighted by atomic mass is 10.0. The van der Waals surface area contributed by atoms with Gasteiger partial charge in [-0.25, -0.2) is 4.98 Å². The summed E-state index contributed by atoms with van der Waals surface area (Å²) in [4.78, 5) is 27.1. The van der Waals surface area contributed by atoms with E-state index in [2.05, 4.69) is 36.3 Å². The zero-order valence-electron chi connectivity index (χ0n) is 16.9. The van der Waals surface area contributed by atoms with E-state index in [0.29, 0.717) is 16.8 Å². The Kier molecular flexibility index (Phi) is 6.73. The topological polar surface area (TPSA) is 99.3 Å². The smallest absolute Gasteiger partial charge is 0.273 e. The first kappa shape index (κ1) is 21.4. The average Bonchev–Trinajstić information content (AvgIpc) is 3.21. The van der Waals surface area contributed by atoms with Crippen molar-refractivity contribution in [2.24, 2.45) is 0 Å². The van der Waals surface area contributed by atoms with Crippen molar-refractivity contribution in [1.29, 1.82) is 0 Å². The molecule has 1 aromatic heterocycles. The fourth-order valence-corrected chi connectivity index (χ4v) is 3.60. The van der Waals surface area contributed by atoms with E-state index in [1.54, 1.807) is 6.20 Å². The zero-order chi connectivity index (χ0) is 21.7. The number of anilines is 1. The molecule has 0 spiro atoms. The number of carbonyl (C=O) groups is 1. The first-order valence-electron chi connectivity index (χ1n) is 9.27. The number of nitrogens with zero attached hydrogens (tertiary/aromatic N) is 3. The van der Waals surface area contributed by atoms with Crippen LogP contribution >= 0.6 is 11.8 Å². The highest BCUT2D eigenvalue weighted by molar-refractivity contribution is 7.99. The highest BCUT2D eigenvalue weighted by Crippen LogP contribution is 2.29. The van der Waals surface area contributed by atoms with Crippen LogP contribution in [0.1, 0.15) is 25.3 Å². The summed E-state index contributed by atoms with van der Waals surface area (Å²) in [7, 11) is 1.39. The van der Waals surface area contributed by atoms with Crippen LogP contribution in [0.5, 0.6) is 5.75 Å². The Morgan fingerprint density at radius 2 is 2.00 bits per heavy atom. The second-order valence-corrected chi connectivity index (χ2v) is 7.75. The SMILES string of the molecule is COc1cc([N+](=O)[O-])ccc1NC(=O)CSc1nccn1-c1ccc(C(C)C)cc1. The van der Waals surface area contributed by atoms with E-state index in [9.17, 15) is 14.9 Å². The van der Waals surface area contributed by atoms with Gasteiger partial charge in [-0.05, 0) is 29.7 Å². The van der Waals surface area contributed by atoms with Crippen molar-refractivity contribution >= 4 is 29.0 Å². The summed E-state index contributed by atoms with van der Waals surface area (Å²) in [5, 5.41) is 14.3. The molecule has 3 rings (SSSR count). The van der Waals surface area contributed by atoms with Crippen LogP contribution in [0.2, 0.25) is 0 Å². The summed E-state index contributed by atoms with van der Waals surface area (Å²) in [6, 6.07) is 12.3. The second kappa shape index (κ2) is 9.45. The van der Waals surface area contributed by atoms with Gasteiger partial charge in [0.15, 0.2) is 5.16 Å². The molecule has 0 unspecified atom stereocenters. The van der Waals surface area contributed by atoms with Gasteiger partial charge in [0.2, 0.25) is 5.91 Å². The van der Waals surface area contributed by atoms with Crippen LogP contribution in [0.25, 0.3) is 5.69 Å². The number of thioether (sulfide) groups is 1. The molecule has 0 aliphatic rings. The molecular weight excluding hydrogens is 404 g/mol. The number of carbonyl (C=O) groups excluding carboxylic acids is 1. The van der Waals surface area contributed by atoms with Gasteiger partial charge in [0.25, 0.3) is 5.69 Å². The molecular formula is C21H22N4O4S. The summed E-state index contributed by atoms with van der Waals surface area (Å²) in [6.07, 6.45) is 3.54. The van der Waals surface area contributed by atoms with Gasteiger partial charge in [-0.15, -0.1) is 0 Å². The van der Waals surface area contributed by atoms with E-state index < -0.39 is 4.92 Å². The molecule has 0 radical (unpaired) electrons. The van der Waals surface area contributed by atoms with Gasteiger partial charge in [-0.2, -0.15) is 0 Å². The minimum absolute atomic E-state index is 0.107. The summed E-state index contributed by atoms with van der Waals surface area (Å²) in [5.74, 6) is 0.545. The Bertz CT molecular complexity index is 1050. The van der Waals surface area contributed by atoms with Crippen molar-refractivity contribution < 1.29 is 14.5 Å². The van der Waals surface area contributed by atoms with Gasteiger partial charge in [0.05, 0.1) is 29.5 Å². The number of ether oxygens (including phenoxy) is 1. The largest absolute Gasteiger partial charge is 0.494 e. The minimum atomic E-state index is -0.516. The lowest BCUT2D eigenvalue weighted by molar-refractivity contribution is -0.384. The van der Waals surface area contributed by atoms with E-state index in [-0.39, 0.29) is 23.1 Å². The number of rotatable bonds is 8. The van der Waals surface area contributed by atoms with Crippen LogP contribution in [-0.4, -0.2) is 33.2 Å². The molecule has 0 aliphatic heterocycles. The highest BCUT2D eigenvalue weighted by Gasteiger charge is 2.15. The summed E-state index contributed by atoms with van der Waals surface area (Å²) in [5.41, 5.74) is 2.49. The lowest BCUT2D eigenvalue weighted by Crippen LogP contribution is -2.15. The monoisotopic (exact) mass is 426 g/mol. The van der Waals surface area contributed by atoms with E-state index in [0.717, 1.165) is 5.69 Å². The number of hydrogen-bond acceptors (Lipinski definition) is 6. The Morgan fingerprint density at radius 3 is 2.63 bits per heavy atom. The molecule has 30 heavy (non-hydrogen) atoms. The van der Waals surface area contributed by atoms with Crippen molar-refractivity contribution in [3.63, 3.8) is 0 Å². The number of nitro groups is 1. The lowest BCUT2D eigenvalue weighted by Gasteiger charge is -2.11. The average molecular weight is 426 g/mol. The Balaban J connectivity index is 1.66. The van der Waals surface area contributed by atoms with Gasteiger partial charge >= 0.3 is 0 Å². The fourth-order valence-electron chi connectivity index (χ4n) is 2.83. The number of aromatic nitrogens is 2. The van der Waals surface area contributed by atoms with E-state index >= 15 is 0 Å². The van der Waals surface area contributed by atoms with Crippen LogP contribution < -0.4 is 10.1 Å². The predicted octanol–water partition coefficient (Wildman–Crippen LogP) is 4.64. The third-order valence-electron chi connectivity index (χ3n) is 4.45. The van der Waals surface area contributed by atoms with E-state index in [1.807, 2.05) is 22.9 Å². The molecule has 1 N–H and O–H groups in total. The highest BCUT2D eigenvalue weighted by atomic mass is 32.2. The summed E-state index contributed by atoms with van der Waals surface area (Å²) in [6.45, 7) is 4.29. The van der Waals surface area contributed by atoms with Crippen LogP contribution in [0.4, 0.5) is 11.4 Å². The van der Waals surface area contributed by atoms with E-state index in [1.165, 1.54) is 42.6 Å². The fraction of sp³-hybridized carbons (Fsp3) is 0.238. The maximum Gasteiger partial charge on any atom is 0.273 e. The predicted molar refractivity (Wildman–Crippen MR) is 117 cm³/mol. The molecule has 3 aromatic rings. The molecule has 8 nitrogen and oxygen atoms in total. The number of hydrogen-bond donors (Lipinski definition) is 1. The molecule has 0 atom stereocenters. The molecule has 1 amide bonds. The molecule has 0 saturated carbocycles. The van der Waals surface area contributed by atoms with Gasteiger partial charge < -0.3 is 10.1 Å².